The molecule has 1 amide bonds. The van der Waals surface area contributed by atoms with Crippen LogP contribution in [0.1, 0.15) is 31.2 Å². The molecule has 0 radical (unpaired) electrons. The molecule has 2 aliphatic rings. The molecule has 0 aromatic carbocycles. The molecule has 1 aromatic rings. The van der Waals surface area contributed by atoms with Crippen molar-refractivity contribution in [3.8, 4) is 5.88 Å². The molecule has 1 N–H and O–H groups in total. The van der Waals surface area contributed by atoms with E-state index in [2.05, 4.69) is 22.9 Å². The standard InChI is InChI=1S/C20H29N3O3/c1-3-12-26-19(24)23(17-5-6-17)15-20(8-10-21-11-9-20)13-16-4-7-18(25-2)22-14-16/h3-4,7,14,17,21H,1,5-6,8-13,15H2,2H3. The molecule has 1 saturated heterocycles. The van der Waals surface area contributed by atoms with Gasteiger partial charge in [0.25, 0.3) is 0 Å². The maximum absolute atomic E-state index is 12.5. The lowest BCUT2D eigenvalue weighted by atomic mass is 9.74. The molecule has 1 saturated carbocycles. The van der Waals surface area contributed by atoms with Crippen LogP contribution in [0.4, 0.5) is 4.79 Å². The lowest BCUT2D eigenvalue weighted by Crippen LogP contribution is -2.48. The summed E-state index contributed by atoms with van der Waals surface area (Å²) in [4.78, 5) is 18.8. The lowest BCUT2D eigenvalue weighted by Gasteiger charge is -2.41. The van der Waals surface area contributed by atoms with Gasteiger partial charge in [0.2, 0.25) is 5.88 Å². The van der Waals surface area contributed by atoms with Gasteiger partial charge in [0, 0.05) is 24.8 Å². The fourth-order valence-electron chi connectivity index (χ4n) is 3.72. The van der Waals surface area contributed by atoms with Crippen LogP contribution in [0.5, 0.6) is 5.88 Å². The number of carbonyl (C=O) groups excluding carboxylic acids is 1. The second-order valence-electron chi connectivity index (χ2n) is 7.36. The Morgan fingerprint density at radius 2 is 2.19 bits per heavy atom. The molecule has 0 spiro atoms. The van der Waals surface area contributed by atoms with Gasteiger partial charge >= 0.3 is 6.09 Å². The van der Waals surface area contributed by atoms with Crippen molar-refractivity contribution < 1.29 is 14.3 Å². The van der Waals surface area contributed by atoms with Crippen LogP contribution in [0.3, 0.4) is 0 Å². The lowest BCUT2D eigenvalue weighted by molar-refractivity contribution is 0.0713. The second-order valence-corrected chi connectivity index (χ2v) is 7.36. The van der Waals surface area contributed by atoms with E-state index in [9.17, 15) is 4.79 Å². The van der Waals surface area contributed by atoms with E-state index in [1.807, 2.05) is 17.2 Å². The SMILES string of the molecule is C=CCOC(=O)N(CC1(Cc2ccc(OC)nc2)CCNCC1)C1CC1. The van der Waals surface area contributed by atoms with Crippen molar-refractivity contribution in [1.29, 1.82) is 0 Å². The Kier molecular flexibility index (Phi) is 6.14. The maximum Gasteiger partial charge on any atom is 0.410 e. The number of piperidine rings is 1. The summed E-state index contributed by atoms with van der Waals surface area (Å²) in [7, 11) is 1.62. The minimum Gasteiger partial charge on any atom is -0.481 e. The van der Waals surface area contributed by atoms with Crippen LogP contribution in [0.15, 0.2) is 31.0 Å². The molecule has 1 aliphatic heterocycles. The highest BCUT2D eigenvalue weighted by atomic mass is 16.6. The number of methoxy groups -OCH3 is 1. The summed E-state index contributed by atoms with van der Waals surface area (Å²) in [6.45, 7) is 6.58. The first-order chi connectivity index (χ1) is 12.7. The molecule has 1 aliphatic carbocycles. The molecule has 0 atom stereocenters. The van der Waals surface area contributed by atoms with Crippen molar-refractivity contribution in [2.24, 2.45) is 5.41 Å². The highest BCUT2D eigenvalue weighted by Gasteiger charge is 2.41. The van der Waals surface area contributed by atoms with Crippen LogP contribution in [-0.2, 0) is 11.2 Å². The molecular weight excluding hydrogens is 330 g/mol. The molecular formula is C20H29N3O3. The van der Waals surface area contributed by atoms with Gasteiger partial charge in [-0.05, 0) is 56.2 Å². The molecule has 142 valence electrons. The predicted molar refractivity (Wildman–Crippen MR) is 100 cm³/mol. The third-order valence-corrected chi connectivity index (χ3v) is 5.30. The predicted octanol–water partition coefficient (Wildman–Crippen LogP) is 2.79. The molecule has 26 heavy (non-hydrogen) atoms. The number of nitrogens with one attached hydrogen (secondary N) is 1. The van der Waals surface area contributed by atoms with Gasteiger partial charge in [0.1, 0.15) is 6.61 Å². The third-order valence-electron chi connectivity index (χ3n) is 5.30. The average molecular weight is 359 g/mol. The molecule has 0 bridgehead atoms. The summed E-state index contributed by atoms with van der Waals surface area (Å²) >= 11 is 0. The fourth-order valence-corrected chi connectivity index (χ4v) is 3.72. The number of carbonyl (C=O) groups is 1. The van der Waals surface area contributed by atoms with E-state index >= 15 is 0 Å². The van der Waals surface area contributed by atoms with Crippen molar-refractivity contribution in [3.05, 3.63) is 36.5 Å². The van der Waals surface area contributed by atoms with Gasteiger partial charge in [-0.15, -0.1) is 0 Å². The van der Waals surface area contributed by atoms with E-state index in [-0.39, 0.29) is 18.1 Å². The smallest absolute Gasteiger partial charge is 0.410 e. The summed E-state index contributed by atoms with van der Waals surface area (Å²) in [5, 5.41) is 3.44. The summed E-state index contributed by atoms with van der Waals surface area (Å²) in [6.07, 6.45) is 8.42. The Balaban J connectivity index is 1.74. The summed E-state index contributed by atoms with van der Waals surface area (Å²) in [5.41, 5.74) is 1.24. The van der Waals surface area contributed by atoms with Crippen LogP contribution in [0.25, 0.3) is 0 Å². The van der Waals surface area contributed by atoms with E-state index in [0.29, 0.717) is 11.9 Å². The zero-order chi connectivity index (χ0) is 18.4. The van der Waals surface area contributed by atoms with Gasteiger partial charge in [-0.1, -0.05) is 18.7 Å². The Morgan fingerprint density at radius 3 is 2.77 bits per heavy atom. The number of hydrogen-bond donors (Lipinski definition) is 1. The number of rotatable bonds is 8. The van der Waals surface area contributed by atoms with Crippen LogP contribution < -0.4 is 10.1 Å². The van der Waals surface area contributed by atoms with Crippen molar-refractivity contribution in [1.82, 2.24) is 15.2 Å². The van der Waals surface area contributed by atoms with Crippen molar-refractivity contribution in [2.75, 3.05) is 33.4 Å². The third kappa shape index (κ3) is 4.75. The minimum atomic E-state index is -0.210. The topological polar surface area (TPSA) is 63.7 Å². The number of ether oxygens (including phenoxy) is 2. The highest BCUT2D eigenvalue weighted by Crippen LogP contribution is 2.38. The van der Waals surface area contributed by atoms with Crippen molar-refractivity contribution in [2.45, 2.75) is 38.1 Å². The fraction of sp³-hybridized carbons (Fsp3) is 0.600. The minimum absolute atomic E-state index is 0.0529. The monoisotopic (exact) mass is 359 g/mol. The number of amides is 1. The zero-order valence-electron chi connectivity index (χ0n) is 15.6. The van der Waals surface area contributed by atoms with Crippen LogP contribution in [-0.4, -0.2) is 55.4 Å². The average Bonchev–Trinajstić information content (AvgIpc) is 3.51. The van der Waals surface area contributed by atoms with E-state index in [0.717, 1.165) is 51.7 Å². The molecule has 2 heterocycles. The Labute approximate surface area is 155 Å². The molecule has 1 aromatic heterocycles. The van der Waals surface area contributed by atoms with E-state index < -0.39 is 0 Å². The molecule has 6 heteroatoms. The van der Waals surface area contributed by atoms with E-state index in [4.69, 9.17) is 9.47 Å². The molecule has 3 rings (SSSR count). The Morgan fingerprint density at radius 1 is 1.42 bits per heavy atom. The van der Waals surface area contributed by atoms with Gasteiger partial charge < -0.3 is 19.7 Å². The van der Waals surface area contributed by atoms with Crippen LogP contribution in [0.2, 0.25) is 0 Å². The number of pyridine rings is 1. The molecule has 0 unspecified atom stereocenters. The Bertz CT molecular complexity index is 607. The van der Waals surface area contributed by atoms with Gasteiger partial charge in [-0.3, -0.25) is 0 Å². The van der Waals surface area contributed by atoms with E-state index in [1.54, 1.807) is 13.2 Å². The zero-order valence-corrected chi connectivity index (χ0v) is 15.6. The summed E-state index contributed by atoms with van der Waals surface area (Å²) in [5.74, 6) is 0.626. The van der Waals surface area contributed by atoms with Gasteiger partial charge in [0.15, 0.2) is 0 Å². The second kappa shape index (κ2) is 8.54. The molecule has 2 fully saturated rings. The van der Waals surface area contributed by atoms with Crippen molar-refractivity contribution in [3.63, 3.8) is 0 Å². The number of nitrogens with zero attached hydrogens (tertiary/aromatic N) is 2. The first kappa shape index (κ1) is 18.7. The van der Waals surface area contributed by atoms with Crippen LogP contribution in [0, 0.1) is 5.41 Å². The summed E-state index contributed by atoms with van der Waals surface area (Å²) < 4.78 is 10.5. The highest BCUT2D eigenvalue weighted by molar-refractivity contribution is 5.68. The molecule has 6 nitrogen and oxygen atoms in total. The summed E-state index contributed by atoms with van der Waals surface area (Å²) in [6, 6.07) is 4.31. The largest absolute Gasteiger partial charge is 0.481 e. The number of aromatic nitrogens is 1. The Hall–Kier alpha value is -2.08. The van der Waals surface area contributed by atoms with E-state index in [1.165, 1.54) is 5.56 Å². The normalized spacial score (nSPS) is 18.8. The van der Waals surface area contributed by atoms with Gasteiger partial charge in [-0.25, -0.2) is 9.78 Å². The number of hydrogen-bond acceptors (Lipinski definition) is 5. The first-order valence-electron chi connectivity index (χ1n) is 9.40. The van der Waals surface area contributed by atoms with Gasteiger partial charge in [0.05, 0.1) is 7.11 Å². The maximum atomic E-state index is 12.5. The van der Waals surface area contributed by atoms with Crippen molar-refractivity contribution >= 4 is 6.09 Å². The van der Waals surface area contributed by atoms with Gasteiger partial charge in [-0.2, -0.15) is 0 Å². The van der Waals surface area contributed by atoms with Crippen LogP contribution >= 0.6 is 0 Å². The first-order valence-corrected chi connectivity index (χ1v) is 9.40. The quantitative estimate of drug-likeness (QED) is 0.723.